The third-order valence-electron chi connectivity index (χ3n) is 3.87. The van der Waals surface area contributed by atoms with Crippen LogP contribution < -0.4 is 5.32 Å². The van der Waals surface area contributed by atoms with Crippen molar-refractivity contribution in [2.45, 2.75) is 6.92 Å². The highest BCUT2D eigenvalue weighted by Crippen LogP contribution is 2.22. The normalized spacial score (nSPS) is 10.4. The van der Waals surface area contributed by atoms with Gasteiger partial charge in [0.25, 0.3) is 5.91 Å². The maximum Gasteiger partial charge on any atom is 0.337 e. The molecule has 0 saturated carbocycles. The number of benzene rings is 2. The second kappa shape index (κ2) is 7.53. The van der Waals surface area contributed by atoms with Gasteiger partial charge in [0.15, 0.2) is 0 Å². The number of hydrogen-bond donors (Lipinski definition) is 2. The van der Waals surface area contributed by atoms with Crippen molar-refractivity contribution in [2.24, 2.45) is 0 Å². The molecule has 0 spiro atoms. The lowest BCUT2D eigenvalue weighted by Gasteiger charge is -2.09. The summed E-state index contributed by atoms with van der Waals surface area (Å²) in [6.07, 6.45) is 0. The van der Waals surface area contributed by atoms with Gasteiger partial charge in [-0.2, -0.15) is 5.10 Å². The minimum absolute atomic E-state index is 0.325. The van der Waals surface area contributed by atoms with Crippen molar-refractivity contribution in [1.29, 1.82) is 0 Å². The van der Waals surface area contributed by atoms with Crippen LogP contribution >= 0.6 is 15.9 Å². The zero-order chi connectivity index (χ0) is 18.7. The van der Waals surface area contributed by atoms with E-state index in [1.54, 1.807) is 24.3 Å². The van der Waals surface area contributed by atoms with Crippen LogP contribution in [0.5, 0.6) is 0 Å². The summed E-state index contributed by atoms with van der Waals surface area (Å²) in [6.45, 7) is 1.84. The Morgan fingerprint density at radius 2 is 1.85 bits per heavy atom. The molecular weight excluding hydrogens is 398 g/mol. The van der Waals surface area contributed by atoms with Crippen LogP contribution in [0.15, 0.2) is 53.0 Å². The van der Waals surface area contributed by atoms with E-state index in [0.29, 0.717) is 22.6 Å². The van der Waals surface area contributed by atoms with E-state index in [4.69, 9.17) is 4.74 Å². The number of esters is 1. The summed E-state index contributed by atoms with van der Waals surface area (Å²) < 4.78 is 5.68. The molecule has 0 aliphatic carbocycles. The lowest BCUT2D eigenvalue weighted by Crippen LogP contribution is -2.14. The maximum absolute atomic E-state index is 12.5. The number of nitrogens with zero attached hydrogens (tertiary/aromatic N) is 1. The van der Waals surface area contributed by atoms with E-state index in [0.717, 1.165) is 15.6 Å². The Balaban J connectivity index is 1.81. The van der Waals surface area contributed by atoms with Gasteiger partial charge in [-0.05, 0) is 42.8 Å². The molecule has 2 aromatic carbocycles. The third kappa shape index (κ3) is 3.83. The fourth-order valence-corrected chi connectivity index (χ4v) is 2.66. The minimum atomic E-state index is -0.459. The molecule has 1 heterocycles. The molecule has 0 radical (unpaired) electrons. The molecule has 0 aliphatic heterocycles. The second-order valence-electron chi connectivity index (χ2n) is 5.65. The summed E-state index contributed by atoms with van der Waals surface area (Å²) in [6, 6.07) is 14.3. The van der Waals surface area contributed by atoms with Gasteiger partial charge in [0.05, 0.1) is 18.4 Å². The Kier molecular flexibility index (Phi) is 5.18. The summed E-state index contributed by atoms with van der Waals surface area (Å²) in [7, 11) is 1.31. The van der Waals surface area contributed by atoms with Crippen LogP contribution in [0.25, 0.3) is 11.3 Å². The fourth-order valence-electron chi connectivity index (χ4n) is 2.40. The summed E-state index contributed by atoms with van der Waals surface area (Å²) in [5.41, 5.74) is 3.63. The zero-order valence-corrected chi connectivity index (χ0v) is 15.8. The number of carbonyl (C=O) groups is 2. The molecule has 0 atom stereocenters. The van der Waals surface area contributed by atoms with E-state index in [9.17, 15) is 9.59 Å². The molecule has 132 valence electrons. The number of aromatic amines is 1. The van der Waals surface area contributed by atoms with Crippen molar-refractivity contribution >= 4 is 33.5 Å². The van der Waals surface area contributed by atoms with Gasteiger partial charge >= 0.3 is 5.97 Å². The number of anilines is 1. The van der Waals surface area contributed by atoms with Gasteiger partial charge in [-0.25, -0.2) is 4.79 Å². The van der Waals surface area contributed by atoms with Gasteiger partial charge in [-0.3, -0.25) is 9.89 Å². The molecule has 26 heavy (non-hydrogen) atoms. The SMILES string of the molecule is COC(=O)c1ccc(C)c(NC(=O)c2cc(-c3ccc(Br)cc3)n[nH]2)c1. The highest BCUT2D eigenvalue weighted by atomic mass is 79.9. The average Bonchev–Trinajstić information content (AvgIpc) is 3.13. The first-order valence-electron chi connectivity index (χ1n) is 7.79. The van der Waals surface area contributed by atoms with Crippen LogP contribution in [0.4, 0.5) is 5.69 Å². The Morgan fingerprint density at radius 1 is 1.12 bits per heavy atom. The lowest BCUT2D eigenvalue weighted by atomic mass is 10.1. The Bertz CT molecular complexity index is 964. The molecule has 6 nitrogen and oxygen atoms in total. The monoisotopic (exact) mass is 413 g/mol. The van der Waals surface area contributed by atoms with E-state index >= 15 is 0 Å². The Labute approximate surface area is 158 Å². The van der Waals surface area contributed by atoms with E-state index in [1.165, 1.54) is 7.11 Å². The molecule has 0 bridgehead atoms. The van der Waals surface area contributed by atoms with Crippen molar-refractivity contribution in [1.82, 2.24) is 10.2 Å². The van der Waals surface area contributed by atoms with Gasteiger partial charge in [0.1, 0.15) is 5.69 Å². The van der Waals surface area contributed by atoms with Crippen molar-refractivity contribution in [3.63, 3.8) is 0 Å². The molecular formula is C19H16BrN3O3. The standard InChI is InChI=1S/C19H16BrN3O3/c1-11-3-4-13(19(25)26-2)9-15(11)21-18(24)17-10-16(22-23-17)12-5-7-14(20)8-6-12/h3-10H,1-2H3,(H,21,24)(H,22,23). The predicted octanol–water partition coefficient (Wildman–Crippen LogP) is 4.19. The van der Waals surface area contributed by atoms with Gasteiger partial charge < -0.3 is 10.1 Å². The van der Waals surface area contributed by atoms with E-state index in [2.05, 4.69) is 31.4 Å². The van der Waals surface area contributed by atoms with Gasteiger partial charge in [-0.15, -0.1) is 0 Å². The number of methoxy groups -OCH3 is 1. The second-order valence-corrected chi connectivity index (χ2v) is 6.56. The molecule has 2 N–H and O–H groups in total. The number of carbonyl (C=O) groups excluding carboxylic acids is 2. The molecule has 3 rings (SSSR count). The topological polar surface area (TPSA) is 84.1 Å². The highest BCUT2D eigenvalue weighted by Gasteiger charge is 2.14. The number of nitrogens with one attached hydrogen (secondary N) is 2. The molecule has 0 aliphatic rings. The predicted molar refractivity (Wildman–Crippen MR) is 102 cm³/mol. The van der Waals surface area contributed by atoms with Crippen LogP contribution in [-0.2, 0) is 4.74 Å². The molecule has 0 fully saturated rings. The quantitative estimate of drug-likeness (QED) is 0.628. The van der Waals surface area contributed by atoms with Gasteiger partial charge in [0.2, 0.25) is 0 Å². The van der Waals surface area contributed by atoms with Crippen LogP contribution in [0, 0.1) is 6.92 Å². The van der Waals surface area contributed by atoms with Gasteiger partial charge in [0, 0.05) is 15.7 Å². The number of aryl methyl sites for hydroxylation is 1. The number of hydrogen-bond acceptors (Lipinski definition) is 4. The van der Waals surface area contributed by atoms with Crippen LogP contribution in [0.1, 0.15) is 26.4 Å². The molecule has 0 saturated heterocycles. The largest absolute Gasteiger partial charge is 0.465 e. The fraction of sp³-hybridized carbons (Fsp3) is 0.105. The first-order valence-corrected chi connectivity index (χ1v) is 8.59. The zero-order valence-electron chi connectivity index (χ0n) is 14.2. The summed E-state index contributed by atoms with van der Waals surface area (Å²) in [4.78, 5) is 24.2. The Morgan fingerprint density at radius 3 is 2.54 bits per heavy atom. The van der Waals surface area contributed by atoms with E-state index < -0.39 is 5.97 Å². The van der Waals surface area contributed by atoms with Crippen LogP contribution in [0.2, 0.25) is 0 Å². The molecule has 7 heteroatoms. The minimum Gasteiger partial charge on any atom is -0.465 e. The molecule has 1 aromatic heterocycles. The number of amides is 1. The number of halogens is 1. The summed E-state index contributed by atoms with van der Waals surface area (Å²) in [5, 5.41) is 9.72. The molecule has 0 unspecified atom stereocenters. The molecule has 1 amide bonds. The highest BCUT2D eigenvalue weighted by molar-refractivity contribution is 9.10. The van der Waals surface area contributed by atoms with Crippen molar-refractivity contribution in [2.75, 3.05) is 12.4 Å². The Hall–Kier alpha value is -2.93. The number of aromatic nitrogens is 2. The maximum atomic E-state index is 12.5. The number of ether oxygens (including phenoxy) is 1. The number of rotatable bonds is 4. The first kappa shape index (κ1) is 17.9. The van der Waals surface area contributed by atoms with Crippen LogP contribution in [0.3, 0.4) is 0 Å². The van der Waals surface area contributed by atoms with Crippen LogP contribution in [-0.4, -0.2) is 29.2 Å². The third-order valence-corrected chi connectivity index (χ3v) is 4.40. The summed E-state index contributed by atoms with van der Waals surface area (Å²) >= 11 is 3.39. The van der Waals surface area contributed by atoms with Crippen molar-refractivity contribution in [3.8, 4) is 11.3 Å². The van der Waals surface area contributed by atoms with Gasteiger partial charge in [-0.1, -0.05) is 34.1 Å². The lowest BCUT2D eigenvalue weighted by molar-refractivity contribution is 0.0600. The first-order chi connectivity index (χ1) is 12.5. The average molecular weight is 414 g/mol. The summed E-state index contributed by atoms with van der Waals surface area (Å²) in [5.74, 6) is -0.800. The van der Waals surface area contributed by atoms with Crippen molar-refractivity contribution < 1.29 is 14.3 Å². The van der Waals surface area contributed by atoms with E-state index in [-0.39, 0.29) is 5.91 Å². The van der Waals surface area contributed by atoms with E-state index in [1.807, 2.05) is 31.2 Å². The van der Waals surface area contributed by atoms with Crippen molar-refractivity contribution in [3.05, 3.63) is 69.8 Å². The number of H-pyrrole nitrogens is 1. The smallest absolute Gasteiger partial charge is 0.337 e. The molecule has 3 aromatic rings.